The largest absolute Gasteiger partial charge is 0.462 e. The number of hydrogen-bond acceptors (Lipinski definition) is 12. The molecule has 0 aromatic heterocycles. The third kappa shape index (κ3) is 5.99. The predicted octanol–water partition coefficient (Wildman–Crippen LogP) is 3.29. The molecule has 0 radical (unpaired) electrons. The lowest BCUT2D eigenvalue weighted by Gasteiger charge is -2.55. The van der Waals surface area contributed by atoms with Crippen molar-refractivity contribution in [3.05, 3.63) is 60.2 Å². The minimum Gasteiger partial charge on any atom is -0.462 e. The zero-order valence-electron chi connectivity index (χ0n) is 27.6. The van der Waals surface area contributed by atoms with Crippen LogP contribution in [0, 0.1) is 29.1 Å². The number of ether oxygens (including phenoxy) is 5. The minimum absolute atomic E-state index is 0.107. The summed E-state index contributed by atoms with van der Waals surface area (Å²) in [5, 5.41) is 11.7. The number of fused-ring (bicyclic) bond motifs is 2. The molecule has 254 valence electrons. The van der Waals surface area contributed by atoms with Gasteiger partial charge in [0.05, 0.1) is 23.5 Å². The van der Waals surface area contributed by atoms with E-state index in [-0.39, 0.29) is 12.0 Å². The lowest BCUT2D eigenvalue weighted by Crippen LogP contribution is -2.66. The van der Waals surface area contributed by atoms with E-state index >= 15 is 4.79 Å². The molecule has 0 bridgehead atoms. The van der Waals surface area contributed by atoms with Crippen LogP contribution in [0.1, 0.15) is 65.2 Å². The Morgan fingerprint density at radius 3 is 1.98 bits per heavy atom. The van der Waals surface area contributed by atoms with Gasteiger partial charge in [-0.25, -0.2) is 4.79 Å². The Hall–Kier alpha value is -4.32. The number of aliphatic hydroxyl groups excluding tert-OH is 1. The van der Waals surface area contributed by atoms with Crippen LogP contribution in [0.2, 0.25) is 0 Å². The molecular formula is C35H42O12. The number of benzene rings is 1. The van der Waals surface area contributed by atoms with E-state index in [1.54, 1.807) is 38.1 Å². The second-order valence-electron chi connectivity index (χ2n) is 13.0. The number of aliphatic hydroxyl groups is 1. The maximum absolute atomic E-state index is 15.4. The predicted molar refractivity (Wildman–Crippen MR) is 164 cm³/mol. The van der Waals surface area contributed by atoms with Gasteiger partial charge >= 0.3 is 29.8 Å². The van der Waals surface area contributed by atoms with Crippen LogP contribution >= 0.6 is 0 Å². The number of Topliss-reactive ketones (excluding diaryl/α,β-unsaturated/α-hetero) is 1. The maximum atomic E-state index is 15.4. The molecule has 1 aromatic rings. The number of hydrogen-bond donors (Lipinski definition) is 1. The summed E-state index contributed by atoms with van der Waals surface area (Å²) in [6.07, 6.45) is -1.35. The normalized spacial score (nSPS) is 35.7. The van der Waals surface area contributed by atoms with Gasteiger partial charge in [0.25, 0.3) is 0 Å². The van der Waals surface area contributed by atoms with E-state index in [1.165, 1.54) is 25.1 Å². The van der Waals surface area contributed by atoms with Crippen LogP contribution < -0.4 is 0 Å². The Kier molecular flexibility index (Phi) is 9.87. The first-order chi connectivity index (χ1) is 22.0. The van der Waals surface area contributed by atoms with E-state index in [0.29, 0.717) is 5.57 Å². The van der Waals surface area contributed by atoms with E-state index < -0.39 is 101 Å². The van der Waals surface area contributed by atoms with E-state index in [1.807, 2.05) is 0 Å². The van der Waals surface area contributed by atoms with E-state index in [2.05, 4.69) is 6.58 Å². The molecule has 12 heteroatoms. The fourth-order valence-electron chi connectivity index (χ4n) is 8.32. The highest BCUT2D eigenvalue weighted by atomic mass is 16.6. The molecule has 10 atom stereocenters. The highest BCUT2D eigenvalue weighted by molar-refractivity contribution is 5.99. The summed E-state index contributed by atoms with van der Waals surface area (Å²) in [7, 11) is 0. The Morgan fingerprint density at radius 1 is 0.872 bits per heavy atom. The van der Waals surface area contributed by atoms with Crippen molar-refractivity contribution in [1.29, 1.82) is 0 Å². The lowest BCUT2D eigenvalue weighted by molar-refractivity contribution is -0.214. The van der Waals surface area contributed by atoms with Crippen LogP contribution in [0.15, 0.2) is 54.6 Å². The van der Waals surface area contributed by atoms with Crippen molar-refractivity contribution in [2.24, 2.45) is 29.1 Å². The summed E-state index contributed by atoms with van der Waals surface area (Å²) in [6.45, 7) is 12.4. The first kappa shape index (κ1) is 35.5. The standard InChI is InChI=1S/C35H42O12/c1-18(2)25-14-15-26(43-20(4)37)34(17-36)29(25)33(8,46-22(6)39)32(42)35(47-23(7)40)16-19(3)28(44-21(5)38)27(35)30(34)45-31(41)24-12-10-9-11-13-24/h9-15,19,25-30,36H,1,16-17H2,2-8H3. The van der Waals surface area contributed by atoms with Crippen LogP contribution in [0.4, 0.5) is 0 Å². The lowest BCUT2D eigenvalue weighted by atomic mass is 9.53. The van der Waals surface area contributed by atoms with Gasteiger partial charge in [0.15, 0.2) is 11.2 Å². The number of allylic oxidation sites excluding steroid dienone is 2. The summed E-state index contributed by atoms with van der Waals surface area (Å²) in [5.41, 5.74) is -5.81. The number of esters is 5. The molecule has 0 heterocycles. The number of carbonyl (C=O) groups is 6. The molecule has 2 fully saturated rings. The second kappa shape index (κ2) is 13.1. The smallest absolute Gasteiger partial charge is 0.338 e. The van der Waals surface area contributed by atoms with Crippen molar-refractivity contribution < 1.29 is 57.6 Å². The average Bonchev–Trinajstić information content (AvgIpc) is 3.21. The molecule has 1 N–H and O–H groups in total. The van der Waals surface area contributed by atoms with E-state index in [4.69, 9.17) is 23.7 Å². The molecule has 2 saturated carbocycles. The first-order valence-electron chi connectivity index (χ1n) is 15.4. The van der Waals surface area contributed by atoms with Crippen molar-refractivity contribution in [3.63, 3.8) is 0 Å². The highest BCUT2D eigenvalue weighted by Gasteiger charge is 2.79. The van der Waals surface area contributed by atoms with E-state index in [9.17, 15) is 29.1 Å². The molecule has 0 spiro atoms. The van der Waals surface area contributed by atoms with Crippen LogP contribution in [0.5, 0.6) is 0 Å². The summed E-state index contributed by atoms with van der Waals surface area (Å²) < 4.78 is 29.9. The second-order valence-corrected chi connectivity index (χ2v) is 13.0. The molecule has 3 aliphatic rings. The minimum atomic E-state index is -2.21. The summed E-state index contributed by atoms with van der Waals surface area (Å²) in [4.78, 5) is 80.4. The molecule has 12 nitrogen and oxygen atoms in total. The zero-order valence-corrected chi connectivity index (χ0v) is 27.6. The highest BCUT2D eigenvalue weighted by Crippen LogP contribution is 2.63. The number of ketones is 1. The Labute approximate surface area is 273 Å². The topological polar surface area (TPSA) is 169 Å². The first-order valence-corrected chi connectivity index (χ1v) is 15.4. The van der Waals surface area contributed by atoms with Crippen molar-refractivity contribution in [2.45, 2.75) is 84.4 Å². The van der Waals surface area contributed by atoms with Gasteiger partial charge in [-0.1, -0.05) is 43.4 Å². The van der Waals surface area contributed by atoms with Crippen LogP contribution in [0.3, 0.4) is 0 Å². The van der Waals surface area contributed by atoms with Gasteiger partial charge < -0.3 is 28.8 Å². The van der Waals surface area contributed by atoms with E-state index in [0.717, 1.165) is 27.7 Å². The molecule has 1 aromatic carbocycles. The average molecular weight is 655 g/mol. The SMILES string of the molecule is C=C(C)C1C=CC(OC(C)=O)C2(CO)C(OC(=O)c3ccccc3)C3C(OC(C)=O)C(C)CC3(OC(C)=O)C(=O)C(C)(OC(C)=O)C12. The number of rotatable bonds is 8. The van der Waals surface area contributed by atoms with Gasteiger partial charge in [-0.15, -0.1) is 0 Å². The number of carbonyl (C=O) groups excluding carboxylic acids is 6. The third-order valence-corrected chi connectivity index (χ3v) is 9.69. The molecule has 47 heavy (non-hydrogen) atoms. The van der Waals surface area contributed by atoms with Crippen molar-refractivity contribution in [3.8, 4) is 0 Å². The molecule has 0 saturated heterocycles. The maximum Gasteiger partial charge on any atom is 0.338 e. The summed E-state index contributed by atoms with van der Waals surface area (Å²) >= 11 is 0. The fourth-order valence-corrected chi connectivity index (χ4v) is 8.32. The molecule has 3 aliphatic carbocycles. The fraction of sp³-hybridized carbons (Fsp3) is 0.543. The van der Waals surface area contributed by atoms with Gasteiger partial charge in [-0.2, -0.15) is 0 Å². The molecular weight excluding hydrogens is 612 g/mol. The van der Waals surface area contributed by atoms with Gasteiger partial charge in [-0.3, -0.25) is 24.0 Å². The Morgan fingerprint density at radius 2 is 1.47 bits per heavy atom. The molecule has 0 amide bonds. The van der Waals surface area contributed by atoms with Gasteiger partial charge in [-0.05, 0) is 38.0 Å². The van der Waals surface area contributed by atoms with Gasteiger partial charge in [0.2, 0.25) is 5.78 Å². The molecule has 10 unspecified atom stereocenters. The van der Waals surface area contributed by atoms with Crippen LogP contribution in [-0.2, 0) is 47.7 Å². The molecule has 0 aliphatic heterocycles. The van der Waals surface area contributed by atoms with Gasteiger partial charge in [0.1, 0.15) is 18.3 Å². The monoisotopic (exact) mass is 654 g/mol. The Balaban J connectivity index is 2.22. The quantitative estimate of drug-likeness (QED) is 0.247. The molecule has 4 rings (SSSR count). The van der Waals surface area contributed by atoms with Crippen molar-refractivity contribution in [1.82, 2.24) is 0 Å². The van der Waals surface area contributed by atoms with Crippen LogP contribution in [0.25, 0.3) is 0 Å². The Bertz CT molecular complexity index is 1500. The van der Waals surface area contributed by atoms with Crippen molar-refractivity contribution in [2.75, 3.05) is 6.61 Å². The van der Waals surface area contributed by atoms with Crippen LogP contribution in [-0.4, -0.2) is 76.9 Å². The summed E-state index contributed by atoms with van der Waals surface area (Å²) in [5.74, 6) is -9.30. The third-order valence-electron chi connectivity index (χ3n) is 9.69. The summed E-state index contributed by atoms with van der Waals surface area (Å²) in [6, 6.07) is 7.91. The zero-order chi connectivity index (χ0) is 35.1. The van der Waals surface area contributed by atoms with Gasteiger partial charge in [0, 0.05) is 46.0 Å². The van der Waals surface area contributed by atoms with Crippen molar-refractivity contribution >= 4 is 35.6 Å².